The van der Waals surface area contributed by atoms with E-state index in [1.165, 1.54) is 12.1 Å². The highest BCUT2D eigenvalue weighted by molar-refractivity contribution is 7.90. The number of carbonyl (C=O) groups is 2. The quantitative estimate of drug-likeness (QED) is 0.380. The molecule has 2 atom stereocenters. The van der Waals surface area contributed by atoms with Crippen molar-refractivity contribution in [2.45, 2.75) is 43.7 Å². The number of aryl methyl sites for hydroxylation is 1. The number of halogens is 5. The normalized spacial score (nSPS) is 19.6. The van der Waals surface area contributed by atoms with E-state index in [1.54, 1.807) is 29.2 Å². The predicted molar refractivity (Wildman–Crippen MR) is 141 cm³/mol. The van der Waals surface area contributed by atoms with Crippen LogP contribution in [-0.4, -0.2) is 51.5 Å². The van der Waals surface area contributed by atoms with Crippen LogP contribution in [0.15, 0.2) is 42.6 Å². The number of hydrogen-bond acceptors (Lipinski definition) is 5. The number of fused-ring (bicyclic) bond motifs is 1. The summed E-state index contributed by atoms with van der Waals surface area (Å²) in [4.78, 5) is 26.1. The molecule has 14 heteroatoms. The van der Waals surface area contributed by atoms with Crippen molar-refractivity contribution < 1.29 is 36.3 Å². The summed E-state index contributed by atoms with van der Waals surface area (Å²) in [7, 11) is -5.67. The number of hydrogen-bond donors (Lipinski definition) is 1. The van der Waals surface area contributed by atoms with Crippen LogP contribution in [0.3, 0.4) is 0 Å². The minimum Gasteiger partial charge on any atom is -0.478 e. The Labute approximate surface area is 237 Å². The first kappa shape index (κ1) is 28.4. The van der Waals surface area contributed by atoms with Gasteiger partial charge in [-0.2, -0.15) is 30.8 Å². The largest absolute Gasteiger partial charge is 0.518 e. The number of amides is 1. The van der Waals surface area contributed by atoms with E-state index in [0.29, 0.717) is 64.5 Å². The molecular weight excluding hydrogens is 594 g/mol. The molecule has 1 unspecified atom stereocenters. The summed E-state index contributed by atoms with van der Waals surface area (Å²) in [5.41, 5.74) is -2.85. The molecule has 1 N–H and O–H groups in total. The zero-order valence-corrected chi connectivity index (χ0v) is 23.0. The summed E-state index contributed by atoms with van der Waals surface area (Å²) in [5.74, 6) is -1.74. The van der Waals surface area contributed by atoms with E-state index < -0.39 is 33.5 Å². The minimum atomic E-state index is -5.67. The number of carboxylic acids is 1. The SMILES string of the molecule is O=C(O)c1ccc(-c2cc(Cl)c(CC3CCN([C@@H]4CCCc5nn(S(=O)(=O)C(F)(F)F)cc54)C3=O)c(Cl)c2)cc1. The van der Waals surface area contributed by atoms with Crippen molar-refractivity contribution >= 4 is 45.1 Å². The summed E-state index contributed by atoms with van der Waals surface area (Å²) >= 11 is 13.1. The van der Waals surface area contributed by atoms with Crippen LogP contribution in [0.1, 0.15) is 52.5 Å². The molecular formula is C26H22Cl2F3N3O5S. The van der Waals surface area contributed by atoms with E-state index >= 15 is 0 Å². The van der Waals surface area contributed by atoms with Gasteiger partial charge in [0.2, 0.25) is 5.91 Å². The molecule has 2 aliphatic rings. The number of nitrogens with zero attached hydrogens (tertiary/aromatic N) is 3. The Balaban J connectivity index is 1.35. The Kier molecular flexibility index (Phi) is 7.38. The third-order valence-corrected chi connectivity index (χ3v) is 9.31. The fourth-order valence-corrected chi connectivity index (χ4v) is 6.63. The molecule has 1 saturated heterocycles. The van der Waals surface area contributed by atoms with E-state index in [9.17, 15) is 31.2 Å². The minimum absolute atomic E-state index is 0.0374. The van der Waals surface area contributed by atoms with E-state index in [0.717, 1.165) is 6.20 Å². The third kappa shape index (κ3) is 5.08. The highest BCUT2D eigenvalue weighted by atomic mass is 35.5. The van der Waals surface area contributed by atoms with Gasteiger partial charge in [0.05, 0.1) is 17.3 Å². The van der Waals surface area contributed by atoms with Crippen LogP contribution in [0.2, 0.25) is 10.0 Å². The standard InChI is InChI=1S/C26H22Cl2F3N3O5S/c27-20-11-17(14-4-6-15(7-5-14)25(36)37)12-21(28)18(20)10-16-8-9-33(24(16)35)23-3-1-2-22-19(23)13-34(32-22)40(38,39)26(29,30)31/h4-7,11-13,16,23H,1-3,8-10H2,(H,36,37)/t16?,23-/m1/s1. The molecule has 2 heterocycles. The second-order valence-corrected chi connectivity index (χ2v) is 12.4. The molecule has 1 aromatic heterocycles. The van der Waals surface area contributed by atoms with Crippen molar-refractivity contribution in [2.24, 2.45) is 5.92 Å². The molecule has 2 aromatic carbocycles. The Morgan fingerprint density at radius 1 is 1.07 bits per heavy atom. The molecule has 212 valence electrons. The smallest absolute Gasteiger partial charge is 0.478 e. The average Bonchev–Trinajstić information content (AvgIpc) is 3.49. The van der Waals surface area contributed by atoms with Crippen LogP contribution < -0.4 is 0 Å². The van der Waals surface area contributed by atoms with Crippen molar-refractivity contribution in [1.29, 1.82) is 0 Å². The Morgan fingerprint density at radius 3 is 2.33 bits per heavy atom. The van der Waals surface area contributed by atoms with Gasteiger partial charge in [0.15, 0.2) is 0 Å². The Hall–Kier alpha value is -3.09. The molecule has 0 spiro atoms. The molecule has 8 nitrogen and oxygen atoms in total. The zero-order chi connectivity index (χ0) is 29.0. The van der Waals surface area contributed by atoms with Gasteiger partial charge in [0.25, 0.3) is 0 Å². The molecule has 0 saturated carbocycles. The lowest BCUT2D eigenvalue weighted by Crippen LogP contribution is -2.34. The van der Waals surface area contributed by atoms with Crippen LogP contribution in [0, 0.1) is 5.92 Å². The maximum atomic E-state index is 13.4. The molecule has 5 rings (SSSR count). The van der Waals surface area contributed by atoms with Crippen molar-refractivity contribution in [2.75, 3.05) is 6.54 Å². The van der Waals surface area contributed by atoms with Crippen molar-refractivity contribution in [3.8, 4) is 11.1 Å². The van der Waals surface area contributed by atoms with E-state index in [2.05, 4.69) is 5.10 Å². The second-order valence-electron chi connectivity index (χ2n) is 9.78. The summed E-state index contributed by atoms with van der Waals surface area (Å²) in [6, 6.07) is 9.03. The average molecular weight is 616 g/mol. The highest BCUT2D eigenvalue weighted by Gasteiger charge is 2.49. The highest BCUT2D eigenvalue weighted by Crippen LogP contribution is 2.41. The summed E-state index contributed by atoms with van der Waals surface area (Å²) in [6.45, 7) is 0.341. The number of benzene rings is 2. The number of alkyl halides is 3. The molecule has 1 amide bonds. The summed E-state index contributed by atoms with van der Waals surface area (Å²) in [6.07, 6.45) is 2.91. The molecule has 0 radical (unpaired) electrons. The molecule has 40 heavy (non-hydrogen) atoms. The molecule has 0 bridgehead atoms. The van der Waals surface area contributed by atoms with Gasteiger partial charge in [0, 0.05) is 34.3 Å². The topological polar surface area (TPSA) is 110 Å². The number of carboxylic acid groups (broad SMARTS) is 1. The number of aromatic carboxylic acids is 1. The van der Waals surface area contributed by atoms with Gasteiger partial charge in [-0.3, -0.25) is 4.79 Å². The Morgan fingerprint density at radius 2 is 1.73 bits per heavy atom. The van der Waals surface area contributed by atoms with Gasteiger partial charge in [-0.15, -0.1) is 0 Å². The van der Waals surface area contributed by atoms with Gasteiger partial charge in [0.1, 0.15) is 0 Å². The summed E-state index contributed by atoms with van der Waals surface area (Å²) < 4.78 is 63.0. The van der Waals surface area contributed by atoms with Gasteiger partial charge in [-0.1, -0.05) is 35.3 Å². The fraction of sp³-hybridized carbons (Fsp3) is 0.346. The molecule has 1 aliphatic carbocycles. The van der Waals surface area contributed by atoms with E-state index in [4.69, 9.17) is 28.3 Å². The zero-order valence-electron chi connectivity index (χ0n) is 20.7. The number of likely N-dealkylation sites (tertiary alicyclic amines) is 1. The van der Waals surface area contributed by atoms with Gasteiger partial charge < -0.3 is 10.0 Å². The van der Waals surface area contributed by atoms with Crippen LogP contribution in [0.5, 0.6) is 0 Å². The number of rotatable bonds is 6. The first-order valence-electron chi connectivity index (χ1n) is 12.3. The lowest BCUT2D eigenvalue weighted by atomic mass is 9.91. The predicted octanol–water partition coefficient (Wildman–Crippen LogP) is 5.72. The molecule has 1 fully saturated rings. The lowest BCUT2D eigenvalue weighted by Gasteiger charge is -2.31. The van der Waals surface area contributed by atoms with Crippen LogP contribution >= 0.6 is 23.2 Å². The third-order valence-electron chi connectivity index (χ3n) is 7.37. The summed E-state index contributed by atoms with van der Waals surface area (Å²) in [5, 5.41) is 13.5. The van der Waals surface area contributed by atoms with Crippen LogP contribution in [-0.2, 0) is 27.7 Å². The first-order chi connectivity index (χ1) is 18.8. The fourth-order valence-electron chi connectivity index (χ4n) is 5.32. The molecule has 1 aliphatic heterocycles. The van der Waals surface area contributed by atoms with Crippen LogP contribution in [0.25, 0.3) is 11.1 Å². The van der Waals surface area contributed by atoms with Crippen molar-refractivity contribution in [3.63, 3.8) is 0 Å². The first-order valence-corrected chi connectivity index (χ1v) is 14.5. The van der Waals surface area contributed by atoms with Gasteiger partial charge in [-0.25, -0.2) is 4.79 Å². The van der Waals surface area contributed by atoms with Crippen molar-refractivity contribution in [1.82, 2.24) is 14.1 Å². The lowest BCUT2D eigenvalue weighted by molar-refractivity contribution is -0.133. The van der Waals surface area contributed by atoms with Gasteiger partial charge >= 0.3 is 21.5 Å². The Bertz CT molecular complexity index is 1580. The maximum Gasteiger partial charge on any atom is 0.518 e. The van der Waals surface area contributed by atoms with Gasteiger partial charge in [-0.05, 0) is 73.1 Å². The number of carbonyl (C=O) groups excluding carboxylic acids is 1. The van der Waals surface area contributed by atoms with E-state index in [1.807, 2.05) is 0 Å². The second kappa shape index (κ2) is 10.4. The van der Waals surface area contributed by atoms with E-state index in [-0.39, 0.29) is 27.7 Å². The monoisotopic (exact) mass is 615 g/mol. The molecule has 3 aromatic rings. The maximum absolute atomic E-state index is 13.4. The number of aromatic nitrogens is 2. The van der Waals surface area contributed by atoms with Crippen molar-refractivity contribution in [3.05, 3.63) is 75.0 Å². The van der Waals surface area contributed by atoms with Crippen LogP contribution in [0.4, 0.5) is 13.2 Å².